The van der Waals surface area contributed by atoms with Crippen LogP contribution in [0.4, 0.5) is 10.2 Å². The highest BCUT2D eigenvalue weighted by atomic mass is 35.5. The van der Waals surface area contributed by atoms with E-state index in [-0.39, 0.29) is 10.8 Å². The summed E-state index contributed by atoms with van der Waals surface area (Å²) in [6.45, 7) is 0.392. The van der Waals surface area contributed by atoms with Crippen LogP contribution in [-0.2, 0) is 6.54 Å². The summed E-state index contributed by atoms with van der Waals surface area (Å²) >= 11 is 5.75. The smallest absolute Gasteiger partial charge is 0.310 e. The zero-order chi connectivity index (χ0) is 10.7. The van der Waals surface area contributed by atoms with Gasteiger partial charge in [-0.25, -0.2) is 9.97 Å². The van der Waals surface area contributed by atoms with Gasteiger partial charge in [-0.2, -0.15) is 9.37 Å². The first-order valence-corrected chi connectivity index (χ1v) is 4.53. The Kier molecular flexibility index (Phi) is 2.77. The molecule has 0 bridgehead atoms. The first-order chi connectivity index (χ1) is 7.25. The van der Waals surface area contributed by atoms with E-state index < -0.39 is 6.08 Å². The van der Waals surface area contributed by atoms with Gasteiger partial charge in [0.25, 0.3) is 0 Å². The Morgan fingerprint density at radius 1 is 1.47 bits per heavy atom. The Morgan fingerprint density at radius 3 is 3.07 bits per heavy atom. The molecule has 78 valence electrons. The van der Waals surface area contributed by atoms with Crippen molar-refractivity contribution < 1.29 is 4.39 Å². The standard InChI is InChI=1S/C8H7ClFN5/c9-5-3-14-8(10)15-7(5)13-4-6-11-1-2-12-6/h1-3H,4H2,(H,11,12)(H,13,14,15). The number of hydrogen-bond acceptors (Lipinski definition) is 4. The number of nitrogens with zero attached hydrogens (tertiary/aromatic N) is 3. The zero-order valence-corrected chi connectivity index (χ0v) is 8.29. The summed E-state index contributed by atoms with van der Waals surface area (Å²) in [6, 6.07) is 0. The van der Waals surface area contributed by atoms with Crippen LogP contribution in [0, 0.1) is 6.08 Å². The summed E-state index contributed by atoms with van der Waals surface area (Å²) in [5.74, 6) is 0.964. The zero-order valence-electron chi connectivity index (χ0n) is 7.54. The largest absolute Gasteiger partial charge is 0.361 e. The number of anilines is 1. The summed E-state index contributed by atoms with van der Waals surface area (Å²) in [7, 11) is 0. The monoisotopic (exact) mass is 227 g/mol. The minimum Gasteiger partial charge on any atom is -0.361 e. The van der Waals surface area contributed by atoms with Gasteiger partial charge in [0.2, 0.25) is 0 Å². The maximum absolute atomic E-state index is 12.7. The van der Waals surface area contributed by atoms with Crippen molar-refractivity contribution in [3.63, 3.8) is 0 Å². The Hall–Kier alpha value is -1.69. The lowest BCUT2D eigenvalue weighted by molar-refractivity contribution is 0.540. The van der Waals surface area contributed by atoms with Gasteiger partial charge >= 0.3 is 6.08 Å². The van der Waals surface area contributed by atoms with Crippen molar-refractivity contribution in [2.24, 2.45) is 0 Å². The average molecular weight is 228 g/mol. The van der Waals surface area contributed by atoms with Gasteiger partial charge in [0.1, 0.15) is 10.8 Å². The minimum absolute atomic E-state index is 0.251. The molecular formula is C8H7ClFN5. The fourth-order valence-electron chi connectivity index (χ4n) is 1.03. The molecule has 0 radical (unpaired) electrons. The molecular weight excluding hydrogens is 221 g/mol. The Morgan fingerprint density at radius 2 is 2.33 bits per heavy atom. The number of halogens is 2. The predicted molar refractivity (Wildman–Crippen MR) is 52.9 cm³/mol. The van der Waals surface area contributed by atoms with Gasteiger partial charge in [0, 0.05) is 12.4 Å². The van der Waals surface area contributed by atoms with Gasteiger partial charge in [-0.1, -0.05) is 11.6 Å². The van der Waals surface area contributed by atoms with Crippen molar-refractivity contribution in [3.05, 3.63) is 35.5 Å². The number of imidazole rings is 1. The molecule has 0 spiro atoms. The Bertz CT molecular complexity index is 444. The highest BCUT2D eigenvalue weighted by Crippen LogP contribution is 2.17. The molecule has 0 aliphatic heterocycles. The number of nitrogens with one attached hydrogen (secondary N) is 2. The predicted octanol–water partition coefficient (Wildman–Crippen LogP) is 1.60. The first kappa shape index (κ1) is 9.85. The summed E-state index contributed by atoms with van der Waals surface area (Å²) in [4.78, 5) is 13.7. The average Bonchev–Trinajstić information content (AvgIpc) is 2.72. The lowest BCUT2D eigenvalue weighted by Gasteiger charge is -2.04. The third kappa shape index (κ3) is 2.41. The second-order valence-corrected chi connectivity index (χ2v) is 3.13. The molecule has 2 aromatic heterocycles. The minimum atomic E-state index is -0.818. The van der Waals surface area contributed by atoms with E-state index in [1.54, 1.807) is 12.4 Å². The highest BCUT2D eigenvalue weighted by Gasteiger charge is 2.04. The van der Waals surface area contributed by atoms with Crippen LogP contribution >= 0.6 is 11.6 Å². The summed E-state index contributed by atoms with van der Waals surface area (Å²) in [5.41, 5.74) is 0. The van der Waals surface area contributed by atoms with Gasteiger partial charge in [0.15, 0.2) is 5.82 Å². The summed E-state index contributed by atoms with van der Waals surface area (Å²) < 4.78 is 12.7. The van der Waals surface area contributed by atoms with E-state index in [1.807, 2.05) is 0 Å². The van der Waals surface area contributed by atoms with E-state index in [0.717, 1.165) is 0 Å². The fraction of sp³-hybridized carbons (Fsp3) is 0.125. The summed E-state index contributed by atoms with van der Waals surface area (Å²) in [5, 5.41) is 3.11. The first-order valence-electron chi connectivity index (χ1n) is 4.16. The van der Waals surface area contributed by atoms with E-state index in [2.05, 4.69) is 25.3 Å². The van der Waals surface area contributed by atoms with Gasteiger partial charge in [-0.05, 0) is 0 Å². The molecule has 7 heteroatoms. The second-order valence-electron chi connectivity index (χ2n) is 2.72. The van der Waals surface area contributed by atoms with Crippen LogP contribution in [0.15, 0.2) is 18.6 Å². The van der Waals surface area contributed by atoms with Crippen LogP contribution in [0.25, 0.3) is 0 Å². The summed E-state index contributed by atoms with van der Waals surface area (Å²) in [6.07, 6.45) is 3.70. The lowest BCUT2D eigenvalue weighted by atomic mass is 10.5. The van der Waals surface area contributed by atoms with Crippen LogP contribution in [0.2, 0.25) is 5.02 Å². The third-order valence-corrected chi connectivity index (χ3v) is 1.97. The number of rotatable bonds is 3. The maximum atomic E-state index is 12.7. The van der Waals surface area contributed by atoms with E-state index in [9.17, 15) is 4.39 Å². The second kappa shape index (κ2) is 4.22. The van der Waals surface area contributed by atoms with Crippen molar-refractivity contribution in [1.82, 2.24) is 19.9 Å². The lowest BCUT2D eigenvalue weighted by Crippen LogP contribution is -2.05. The number of H-pyrrole nitrogens is 1. The van der Waals surface area contributed by atoms with Crippen molar-refractivity contribution in [2.75, 3.05) is 5.32 Å². The molecule has 0 aromatic carbocycles. The molecule has 0 atom stereocenters. The molecule has 0 fully saturated rings. The van der Waals surface area contributed by atoms with Crippen molar-refractivity contribution in [3.8, 4) is 0 Å². The van der Waals surface area contributed by atoms with E-state index in [4.69, 9.17) is 11.6 Å². The van der Waals surface area contributed by atoms with Crippen LogP contribution < -0.4 is 5.32 Å². The molecule has 0 saturated heterocycles. The number of hydrogen-bond donors (Lipinski definition) is 2. The molecule has 0 amide bonds. The molecule has 0 unspecified atom stereocenters. The molecule has 0 saturated carbocycles. The SMILES string of the molecule is Fc1ncc(Cl)c(NCc2ncc[nH]2)n1. The maximum Gasteiger partial charge on any atom is 0.310 e. The van der Waals surface area contributed by atoms with Crippen molar-refractivity contribution in [2.45, 2.75) is 6.54 Å². The van der Waals surface area contributed by atoms with Crippen LogP contribution in [0.3, 0.4) is 0 Å². The molecule has 0 aliphatic rings. The van der Waals surface area contributed by atoms with Gasteiger partial charge < -0.3 is 10.3 Å². The third-order valence-electron chi connectivity index (χ3n) is 1.69. The topological polar surface area (TPSA) is 66.5 Å². The van der Waals surface area contributed by atoms with Gasteiger partial charge in [-0.15, -0.1) is 0 Å². The van der Waals surface area contributed by atoms with E-state index >= 15 is 0 Å². The van der Waals surface area contributed by atoms with E-state index in [1.165, 1.54) is 6.20 Å². The van der Waals surface area contributed by atoms with Crippen molar-refractivity contribution in [1.29, 1.82) is 0 Å². The molecule has 2 heterocycles. The molecule has 0 aliphatic carbocycles. The molecule has 2 rings (SSSR count). The molecule has 5 nitrogen and oxygen atoms in total. The Balaban J connectivity index is 2.07. The van der Waals surface area contributed by atoms with Gasteiger partial charge in [-0.3, -0.25) is 0 Å². The quantitative estimate of drug-likeness (QED) is 0.782. The number of aromatic nitrogens is 4. The van der Waals surface area contributed by atoms with Crippen LogP contribution in [0.5, 0.6) is 0 Å². The Labute approximate surface area is 89.7 Å². The number of aromatic amines is 1. The normalized spacial score (nSPS) is 10.3. The van der Waals surface area contributed by atoms with E-state index in [0.29, 0.717) is 12.4 Å². The molecule has 2 N–H and O–H groups in total. The molecule has 2 aromatic rings. The van der Waals surface area contributed by atoms with Gasteiger partial charge in [0.05, 0.1) is 12.7 Å². The van der Waals surface area contributed by atoms with Crippen molar-refractivity contribution >= 4 is 17.4 Å². The molecule has 15 heavy (non-hydrogen) atoms. The highest BCUT2D eigenvalue weighted by molar-refractivity contribution is 6.32. The van der Waals surface area contributed by atoms with Crippen LogP contribution in [0.1, 0.15) is 5.82 Å². The fourth-order valence-corrected chi connectivity index (χ4v) is 1.19. The van der Waals surface area contributed by atoms with Crippen LogP contribution in [-0.4, -0.2) is 19.9 Å².